The lowest BCUT2D eigenvalue weighted by molar-refractivity contribution is 0.0535. The van der Waals surface area contributed by atoms with Crippen LogP contribution in [0, 0.1) is 0 Å². The molecule has 1 fully saturated rings. The number of ether oxygens (including phenoxy) is 3. The zero-order valence-corrected chi connectivity index (χ0v) is 18.8. The van der Waals surface area contributed by atoms with Gasteiger partial charge in [-0.25, -0.2) is 4.79 Å². The third-order valence-electron chi connectivity index (χ3n) is 6.54. The van der Waals surface area contributed by atoms with Crippen LogP contribution < -0.4 is 9.64 Å². The molecule has 2 heterocycles. The Balaban J connectivity index is 1.30. The van der Waals surface area contributed by atoms with Crippen molar-refractivity contribution < 1.29 is 19.0 Å². The van der Waals surface area contributed by atoms with E-state index in [4.69, 9.17) is 14.2 Å². The number of carbonyl (C=O) groups is 1. The van der Waals surface area contributed by atoms with Crippen molar-refractivity contribution in [3.8, 4) is 16.9 Å². The largest absolute Gasteiger partial charge is 0.489 e. The summed E-state index contributed by atoms with van der Waals surface area (Å²) < 4.78 is 17.0. The van der Waals surface area contributed by atoms with Gasteiger partial charge in [0.1, 0.15) is 19.0 Å². The number of hydrogen-bond acceptors (Lipinski definition) is 5. The summed E-state index contributed by atoms with van der Waals surface area (Å²) in [6.45, 7) is 4.13. The van der Waals surface area contributed by atoms with E-state index in [9.17, 15) is 4.79 Å². The number of rotatable bonds is 5. The summed E-state index contributed by atoms with van der Waals surface area (Å²) >= 11 is 0. The highest BCUT2D eigenvalue weighted by atomic mass is 16.5. The van der Waals surface area contributed by atoms with Gasteiger partial charge in [0.15, 0.2) is 0 Å². The van der Waals surface area contributed by atoms with Crippen molar-refractivity contribution in [2.24, 2.45) is 0 Å². The number of nitrogens with zero attached hydrogens (tertiary/aromatic N) is 1. The van der Waals surface area contributed by atoms with Crippen molar-refractivity contribution in [1.82, 2.24) is 0 Å². The standard InChI is InChI=1S/C29H25NO4/c31-29-26-17-22-16-24(33-18-20-5-4-8-23(15-20)30-11-13-32-14-12-30)9-10-25(22)28(27(26)19-34-29)21-6-2-1-3-7-21/h1-10,15-17H,11-14,18-19H2. The summed E-state index contributed by atoms with van der Waals surface area (Å²) in [7, 11) is 0. The molecule has 0 amide bonds. The first-order valence-electron chi connectivity index (χ1n) is 11.6. The Labute approximate surface area is 198 Å². The van der Waals surface area contributed by atoms with E-state index in [2.05, 4.69) is 47.4 Å². The number of carbonyl (C=O) groups excluding carboxylic acids is 1. The minimum absolute atomic E-state index is 0.264. The maximum Gasteiger partial charge on any atom is 0.338 e. The molecule has 6 rings (SSSR count). The molecule has 4 aromatic carbocycles. The van der Waals surface area contributed by atoms with Crippen molar-refractivity contribution in [2.45, 2.75) is 13.2 Å². The Hall–Kier alpha value is -3.83. The van der Waals surface area contributed by atoms with Crippen LogP contribution in [0.4, 0.5) is 5.69 Å². The molecule has 0 aromatic heterocycles. The highest BCUT2D eigenvalue weighted by molar-refractivity contribution is 6.07. The molecule has 0 saturated carbocycles. The molecule has 1 saturated heterocycles. The van der Waals surface area contributed by atoms with Gasteiger partial charge in [0.2, 0.25) is 0 Å². The van der Waals surface area contributed by atoms with Crippen LogP contribution in [0.2, 0.25) is 0 Å². The Morgan fingerprint density at radius 1 is 0.882 bits per heavy atom. The molecule has 5 nitrogen and oxygen atoms in total. The molecule has 0 atom stereocenters. The minimum atomic E-state index is -0.264. The fraction of sp³-hybridized carbons (Fsp3) is 0.207. The van der Waals surface area contributed by atoms with Gasteiger partial charge in [-0.2, -0.15) is 0 Å². The molecule has 2 aliphatic rings. The minimum Gasteiger partial charge on any atom is -0.489 e. The summed E-state index contributed by atoms with van der Waals surface area (Å²) in [4.78, 5) is 14.7. The molecule has 4 aromatic rings. The first kappa shape index (κ1) is 20.8. The maximum absolute atomic E-state index is 12.4. The van der Waals surface area contributed by atoms with E-state index in [1.54, 1.807) is 0 Å². The van der Waals surface area contributed by atoms with Crippen molar-refractivity contribution in [2.75, 3.05) is 31.2 Å². The quantitative estimate of drug-likeness (QED) is 0.370. The molecular weight excluding hydrogens is 426 g/mol. The number of fused-ring (bicyclic) bond motifs is 2. The average molecular weight is 452 g/mol. The second-order valence-corrected chi connectivity index (χ2v) is 8.66. The zero-order chi connectivity index (χ0) is 22.9. The monoisotopic (exact) mass is 451 g/mol. The predicted molar refractivity (Wildman–Crippen MR) is 132 cm³/mol. The molecule has 5 heteroatoms. The van der Waals surface area contributed by atoms with Gasteiger partial charge >= 0.3 is 5.97 Å². The average Bonchev–Trinajstić information content (AvgIpc) is 3.27. The fourth-order valence-corrected chi connectivity index (χ4v) is 4.83. The van der Waals surface area contributed by atoms with Crippen LogP contribution in [-0.2, 0) is 22.7 Å². The van der Waals surface area contributed by atoms with Crippen molar-refractivity contribution in [3.63, 3.8) is 0 Å². The van der Waals surface area contributed by atoms with E-state index in [1.807, 2.05) is 36.4 Å². The highest BCUT2D eigenvalue weighted by Crippen LogP contribution is 2.39. The summed E-state index contributed by atoms with van der Waals surface area (Å²) in [6, 6.07) is 26.7. The predicted octanol–water partition coefficient (Wildman–Crippen LogP) is 5.59. The number of esters is 1. The molecule has 34 heavy (non-hydrogen) atoms. The highest BCUT2D eigenvalue weighted by Gasteiger charge is 2.26. The van der Waals surface area contributed by atoms with E-state index in [-0.39, 0.29) is 5.97 Å². The van der Waals surface area contributed by atoms with E-state index in [1.165, 1.54) is 5.69 Å². The number of hydrogen-bond donors (Lipinski definition) is 0. The molecule has 170 valence electrons. The van der Waals surface area contributed by atoms with Crippen LogP contribution in [0.3, 0.4) is 0 Å². The van der Waals surface area contributed by atoms with Gasteiger partial charge in [-0.1, -0.05) is 48.5 Å². The van der Waals surface area contributed by atoms with Gasteiger partial charge in [-0.05, 0) is 57.8 Å². The maximum atomic E-state index is 12.4. The van der Waals surface area contributed by atoms with Gasteiger partial charge in [0.25, 0.3) is 0 Å². The van der Waals surface area contributed by atoms with Crippen molar-refractivity contribution in [3.05, 3.63) is 95.6 Å². The molecule has 0 radical (unpaired) electrons. The summed E-state index contributed by atoms with van der Waals surface area (Å²) in [5.74, 6) is 0.509. The van der Waals surface area contributed by atoms with Crippen molar-refractivity contribution >= 4 is 22.4 Å². The third kappa shape index (κ3) is 3.88. The lowest BCUT2D eigenvalue weighted by atomic mass is 9.91. The molecular formula is C29H25NO4. The Kier molecular flexibility index (Phi) is 5.40. The SMILES string of the molecule is O=C1OCc2c1cc1cc(OCc3cccc(N4CCOCC4)c3)ccc1c2-c1ccccc1. The molecule has 0 spiro atoms. The van der Waals surface area contributed by atoms with E-state index < -0.39 is 0 Å². The topological polar surface area (TPSA) is 48.0 Å². The number of benzene rings is 4. The molecule has 0 aliphatic carbocycles. The smallest absolute Gasteiger partial charge is 0.338 e. The lowest BCUT2D eigenvalue weighted by Crippen LogP contribution is -2.36. The van der Waals surface area contributed by atoms with Crippen LogP contribution in [-0.4, -0.2) is 32.3 Å². The number of morpholine rings is 1. The molecule has 0 unspecified atom stereocenters. The van der Waals surface area contributed by atoms with Gasteiger partial charge in [0.05, 0.1) is 18.8 Å². The van der Waals surface area contributed by atoms with Crippen LogP contribution >= 0.6 is 0 Å². The molecule has 2 aliphatic heterocycles. The van der Waals surface area contributed by atoms with E-state index >= 15 is 0 Å². The Morgan fingerprint density at radius 3 is 2.59 bits per heavy atom. The van der Waals surface area contributed by atoms with E-state index in [0.717, 1.165) is 65.1 Å². The first-order valence-corrected chi connectivity index (χ1v) is 11.6. The van der Waals surface area contributed by atoms with Gasteiger partial charge in [-0.3, -0.25) is 0 Å². The van der Waals surface area contributed by atoms with E-state index in [0.29, 0.717) is 18.8 Å². The molecule has 0 N–H and O–H groups in total. The van der Waals surface area contributed by atoms with Crippen molar-refractivity contribution in [1.29, 1.82) is 0 Å². The van der Waals surface area contributed by atoms with Crippen LogP contribution in [0.1, 0.15) is 21.5 Å². The second-order valence-electron chi connectivity index (χ2n) is 8.66. The number of cyclic esters (lactones) is 1. The summed E-state index contributed by atoms with van der Waals surface area (Å²) in [5, 5.41) is 2.06. The Bertz CT molecular complexity index is 1360. The summed E-state index contributed by atoms with van der Waals surface area (Å²) in [5.41, 5.74) is 6.05. The van der Waals surface area contributed by atoms with Gasteiger partial charge < -0.3 is 19.1 Å². The second kappa shape index (κ2) is 8.84. The fourth-order valence-electron chi connectivity index (χ4n) is 4.83. The van der Waals surface area contributed by atoms with Crippen LogP contribution in [0.5, 0.6) is 5.75 Å². The normalized spacial score (nSPS) is 15.3. The first-order chi connectivity index (χ1) is 16.8. The van der Waals surface area contributed by atoms with Gasteiger partial charge in [-0.15, -0.1) is 0 Å². The summed E-state index contributed by atoms with van der Waals surface area (Å²) in [6.07, 6.45) is 0. The lowest BCUT2D eigenvalue weighted by Gasteiger charge is -2.29. The Morgan fingerprint density at radius 2 is 1.74 bits per heavy atom. The van der Waals surface area contributed by atoms with Gasteiger partial charge in [0, 0.05) is 24.3 Å². The van der Waals surface area contributed by atoms with Crippen LogP contribution in [0.15, 0.2) is 78.9 Å². The van der Waals surface area contributed by atoms with Crippen LogP contribution in [0.25, 0.3) is 21.9 Å². The third-order valence-corrected chi connectivity index (χ3v) is 6.54. The number of anilines is 1. The zero-order valence-electron chi connectivity index (χ0n) is 18.8. The molecule has 0 bridgehead atoms.